The van der Waals surface area contributed by atoms with Crippen molar-refractivity contribution in [2.75, 3.05) is 5.75 Å². The molecule has 2 rings (SSSR count). The van der Waals surface area contributed by atoms with Gasteiger partial charge in [0, 0.05) is 0 Å². The molecule has 1 amide bonds. The van der Waals surface area contributed by atoms with E-state index in [2.05, 4.69) is 5.32 Å². The molecule has 0 saturated carbocycles. The highest BCUT2D eigenvalue weighted by molar-refractivity contribution is 8.00. The lowest BCUT2D eigenvalue weighted by Gasteiger charge is -2.12. The number of carbonyl (C=O) groups excluding carboxylic acids is 1. The summed E-state index contributed by atoms with van der Waals surface area (Å²) in [6, 6.07) is 4.51. The molecule has 0 bridgehead atoms. The summed E-state index contributed by atoms with van der Waals surface area (Å²) in [5.41, 5.74) is -5.02. The van der Waals surface area contributed by atoms with E-state index in [1.807, 2.05) is 0 Å². The van der Waals surface area contributed by atoms with Gasteiger partial charge < -0.3 is 5.32 Å². The maximum atomic E-state index is 12.4. The van der Waals surface area contributed by atoms with Crippen LogP contribution >= 0.6 is 11.8 Å². The molecular weight excluding hydrogens is 303 g/mol. The second kappa shape index (κ2) is 4.71. The molecule has 9 heteroatoms. The maximum absolute atomic E-state index is 12.4. The Labute approximate surface area is 111 Å². The molecule has 1 saturated heterocycles. The molecule has 0 aliphatic carbocycles. The number of alkyl halides is 3. The topological polar surface area (TPSA) is 63.2 Å². The van der Waals surface area contributed by atoms with E-state index < -0.39 is 25.6 Å². The highest BCUT2D eigenvalue weighted by Gasteiger charge is 2.47. The van der Waals surface area contributed by atoms with Crippen LogP contribution in [0.15, 0.2) is 29.2 Å². The van der Waals surface area contributed by atoms with E-state index in [0.717, 1.165) is 12.1 Å². The lowest BCUT2D eigenvalue weighted by molar-refractivity contribution is -0.118. The molecule has 19 heavy (non-hydrogen) atoms. The van der Waals surface area contributed by atoms with Crippen LogP contribution in [0.25, 0.3) is 0 Å². The highest BCUT2D eigenvalue weighted by Crippen LogP contribution is 2.34. The fourth-order valence-corrected chi connectivity index (χ4v) is 3.32. The van der Waals surface area contributed by atoms with E-state index in [-0.39, 0.29) is 11.7 Å². The zero-order valence-electron chi connectivity index (χ0n) is 9.27. The number of rotatable bonds is 2. The number of nitrogens with one attached hydrogen (secondary N) is 1. The third-order valence-corrected chi connectivity index (χ3v) is 5.09. The fraction of sp³-hybridized carbons (Fsp3) is 0.300. The first kappa shape index (κ1) is 14.2. The van der Waals surface area contributed by atoms with Gasteiger partial charge >= 0.3 is 5.51 Å². The van der Waals surface area contributed by atoms with Crippen molar-refractivity contribution in [3.8, 4) is 0 Å². The molecule has 0 radical (unpaired) electrons. The third-order valence-electron chi connectivity index (χ3n) is 2.45. The Morgan fingerprint density at radius 2 is 2.00 bits per heavy atom. The molecule has 4 nitrogen and oxygen atoms in total. The predicted octanol–water partition coefficient (Wildman–Crippen LogP) is 1.84. The van der Waals surface area contributed by atoms with Crippen LogP contribution < -0.4 is 5.32 Å². The summed E-state index contributed by atoms with van der Waals surface area (Å²) >= 11 is 1.19. The average molecular weight is 311 g/mol. The molecule has 1 N–H and O–H groups in total. The Balaban J connectivity index is 2.38. The highest BCUT2D eigenvalue weighted by atomic mass is 32.2. The molecular formula is C10H8F3NO3S2. The summed E-state index contributed by atoms with van der Waals surface area (Å²) in [5, 5.41) is 2.02. The van der Waals surface area contributed by atoms with Crippen LogP contribution in [-0.4, -0.2) is 25.6 Å². The Morgan fingerprint density at radius 1 is 1.32 bits per heavy atom. The third kappa shape index (κ3) is 2.71. The van der Waals surface area contributed by atoms with Crippen molar-refractivity contribution in [3.05, 3.63) is 29.8 Å². The molecule has 1 heterocycles. The summed E-state index contributed by atoms with van der Waals surface area (Å²) in [6.45, 7) is 0. The molecule has 0 aromatic heterocycles. The first-order chi connectivity index (χ1) is 8.72. The second-order valence-electron chi connectivity index (χ2n) is 3.78. The monoisotopic (exact) mass is 311 g/mol. The zero-order valence-corrected chi connectivity index (χ0v) is 10.9. The lowest BCUT2D eigenvalue weighted by Crippen LogP contribution is -2.24. The smallest absolute Gasteiger partial charge is 0.339 e. The van der Waals surface area contributed by atoms with Crippen molar-refractivity contribution in [3.63, 3.8) is 0 Å². The number of amides is 1. The van der Waals surface area contributed by atoms with E-state index in [0.29, 0.717) is 5.56 Å². The van der Waals surface area contributed by atoms with Gasteiger partial charge in [-0.05, 0) is 17.7 Å². The molecule has 1 fully saturated rings. The number of benzene rings is 1. The summed E-state index contributed by atoms with van der Waals surface area (Å²) in [7, 11) is -5.36. The SMILES string of the molecule is O=C1CSC(c2cccc(S(=O)(=O)C(F)(F)F)c2)N1. The van der Waals surface area contributed by atoms with E-state index in [4.69, 9.17) is 0 Å². The fourth-order valence-electron chi connectivity index (χ4n) is 1.55. The van der Waals surface area contributed by atoms with Crippen LogP contribution in [0, 0.1) is 0 Å². The van der Waals surface area contributed by atoms with Crippen LogP contribution in [0.2, 0.25) is 0 Å². The van der Waals surface area contributed by atoms with E-state index in [1.54, 1.807) is 0 Å². The molecule has 1 aromatic carbocycles. The van der Waals surface area contributed by atoms with Crippen molar-refractivity contribution in [2.24, 2.45) is 0 Å². The maximum Gasteiger partial charge on any atom is 0.501 e. The first-order valence-electron chi connectivity index (χ1n) is 5.04. The summed E-state index contributed by atoms with van der Waals surface area (Å²) in [5.74, 6) is -0.0416. The van der Waals surface area contributed by atoms with Gasteiger partial charge in [-0.15, -0.1) is 11.8 Å². The molecule has 0 spiro atoms. The molecule has 1 atom stereocenters. The van der Waals surface area contributed by atoms with Gasteiger partial charge in [0.15, 0.2) is 0 Å². The van der Waals surface area contributed by atoms with Crippen LogP contribution in [0.1, 0.15) is 10.9 Å². The van der Waals surface area contributed by atoms with Crippen molar-refractivity contribution < 1.29 is 26.4 Å². The predicted molar refractivity (Wildman–Crippen MR) is 63.0 cm³/mol. The van der Waals surface area contributed by atoms with Crippen molar-refractivity contribution >= 4 is 27.5 Å². The van der Waals surface area contributed by atoms with Gasteiger partial charge in [-0.2, -0.15) is 13.2 Å². The van der Waals surface area contributed by atoms with Gasteiger partial charge in [0.05, 0.1) is 10.6 Å². The van der Waals surface area contributed by atoms with E-state index in [1.165, 1.54) is 23.9 Å². The minimum absolute atomic E-state index is 0.195. The normalized spacial score (nSPS) is 20.4. The van der Waals surface area contributed by atoms with Crippen LogP contribution in [0.4, 0.5) is 13.2 Å². The van der Waals surface area contributed by atoms with Crippen LogP contribution in [0.3, 0.4) is 0 Å². The summed E-state index contributed by atoms with van der Waals surface area (Å²) < 4.78 is 59.8. The number of thioether (sulfide) groups is 1. The number of carbonyl (C=O) groups is 1. The summed E-state index contributed by atoms with van der Waals surface area (Å²) in [4.78, 5) is 10.2. The van der Waals surface area contributed by atoms with Crippen molar-refractivity contribution in [1.29, 1.82) is 0 Å². The standard InChI is InChI=1S/C10H8F3NO3S2/c11-10(12,13)19(16,17)7-3-1-2-6(4-7)9-14-8(15)5-18-9/h1-4,9H,5H2,(H,14,15). The van der Waals surface area contributed by atoms with Crippen molar-refractivity contribution in [1.82, 2.24) is 5.32 Å². The largest absolute Gasteiger partial charge is 0.501 e. The molecule has 1 aliphatic heterocycles. The lowest BCUT2D eigenvalue weighted by atomic mass is 10.2. The number of sulfone groups is 1. The Bertz CT molecular complexity index is 613. The Morgan fingerprint density at radius 3 is 2.53 bits per heavy atom. The van der Waals surface area contributed by atoms with Gasteiger partial charge in [-0.25, -0.2) is 8.42 Å². The zero-order chi connectivity index (χ0) is 14.3. The van der Waals surface area contributed by atoms with Gasteiger partial charge in [0.2, 0.25) is 5.91 Å². The van der Waals surface area contributed by atoms with E-state index >= 15 is 0 Å². The minimum atomic E-state index is -5.36. The number of hydrogen-bond acceptors (Lipinski definition) is 4. The quantitative estimate of drug-likeness (QED) is 0.905. The number of hydrogen-bond donors (Lipinski definition) is 1. The minimum Gasteiger partial charge on any atom is -0.339 e. The second-order valence-corrected chi connectivity index (χ2v) is 6.81. The average Bonchev–Trinajstić information content (AvgIpc) is 2.75. The van der Waals surface area contributed by atoms with Gasteiger partial charge in [0.25, 0.3) is 9.84 Å². The molecule has 104 valence electrons. The summed E-state index contributed by atoms with van der Waals surface area (Å²) in [6.07, 6.45) is 0. The van der Waals surface area contributed by atoms with E-state index in [9.17, 15) is 26.4 Å². The number of halogens is 3. The van der Waals surface area contributed by atoms with Gasteiger partial charge in [-0.3, -0.25) is 4.79 Å². The van der Waals surface area contributed by atoms with Crippen LogP contribution in [0.5, 0.6) is 0 Å². The molecule has 1 aromatic rings. The molecule has 1 aliphatic rings. The first-order valence-corrected chi connectivity index (χ1v) is 7.57. The van der Waals surface area contributed by atoms with Gasteiger partial charge in [-0.1, -0.05) is 12.1 Å². The Kier molecular flexibility index (Phi) is 3.52. The van der Waals surface area contributed by atoms with Gasteiger partial charge in [0.1, 0.15) is 5.37 Å². The Hall–Kier alpha value is -1.22. The van der Waals surface area contributed by atoms with Crippen LogP contribution in [-0.2, 0) is 14.6 Å². The van der Waals surface area contributed by atoms with Crippen molar-refractivity contribution in [2.45, 2.75) is 15.8 Å². The molecule has 1 unspecified atom stereocenters.